The standard InChI is InChI=1S/C18H23N3O4/c1-25-13-8-6-12(7-9-13)15-5-3-2-4-10-21(15)16(22)11-14-17(23)20-18(24)19-14/h6-9,14-15H,2-5,10-11H2,1H3,(H2,19,20,23,24). The van der Waals surface area contributed by atoms with Gasteiger partial charge in [-0.15, -0.1) is 0 Å². The minimum atomic E-state index is -0.778. The van der Waals surface area contributed by atoms with E-state index in [0.717, 1.165) is 37.0 Å². The first-order valence-corrected chi connectivity index (χ1v) is 8.63. The molecule has 0 radical (unpaired) electrons. The Balaban J connectivity index is 1.76. The van der Waals surface area contributed by atoms with Crippen molar-refractivity contribution in [2.75, 3.05) is 13.7 Å². The molecule has 0 saturated carbocycles. The van der Waals surface area contributed by atoms with Crippen molar-refractivity contribution in [3.8, 4) is 5.75 Å². The Labute approximate surface area is 146 Å². The number of amides is 4. The topological polar surface area (TPSA) is 87.7 Å². The van der Waals surface area contributed by atoms with Gasteiger partial charge in [0, 0.05) is 6.54 Å². The van der Waals surface area contributed by atoms with Gasteiger partial charge in [0.05, 0.1) is 19.6 Å². The Morgan fingerprint density at radius 3 is 2.60 bits per heavy atom. The van der Waals surface area contributed by atoms with Crippen molar-refractivity contribution in [3.05, 3.63) is 29.8 Å². The number of ether oxygens (including phenoxy) is 1. The highest BCUT2D eigenvalue weighted by Gasteiger charge is 2.34. The minimum Gasteiger partial charge on any atom is -0.497 e. The number of hydrogen-bond donors (Lipinski definition) is 2. The highest BCUT2D eigenvalue weighted by Crippen LogP contribution is 2.31. The average molecular weight is 345 g/mol. The molecule has 2 aliphatic rings. The summed E-state index contributed by atoms with van der Waals surface area (Å²) >= 11 is 0. The van der Waals surface area contributed by atoms with Gasteiger partial charge in [-0.2, -0.15) is 0 Å². The average Bonchev–Trinajstić information content (AvgIpc) is 2.80. The fraction of sp³-hybridized carbons (Fsp3) is 0.500. The van der Waals surface area contributed by atoms with E-state index in [9.17, 15) is 14.4 Å². The minimum absolute atomic E-state index is 0.00969. The molecule has 2 fully saturated rings. The van der Waals surface area contributed by atoms with Crippen LogP contribution in [0.1, 0.15) is 43.7 Å². The van der Waals surface area contributed by atoms with E-state index >= 15 is 0 Å². The van der Waals surface area contributed by atoms with Crippen LogP contribution in [-0.2, 0) is 9.59 Å². The van der Waals surface area contributed by atoms with Crippen LogP contribution in [0.4, 0.5) is 4.79 Å². The molecular formula is C18H23N3O4. The number of rotatable bonds is 4. The maximum absolute atomic E-state index is 12.8. The lowest BCUT2D eigenvalue weighted by molar-refractivity contribution is -0.136. The molecule has 3 rings (SSSR count). The van der Waals surface area contributed by atoms with Crippen molar-refractivity contribution in [3.63, 3.8) is 0 Å². The van der Waals surface area contributed by atoms with E-state index in [0.29, 0.717) is 6.54 Å². The molecule has 0 aliphatic carbocycles. The van der Waals surface area contributed by atoms with Crippen LogP contribution in [0, 0.1) is 0 Å². The third kappa shape index (κ3) is 3.92. The van der Waals surface area contributed by atoms with Crippen LogP contribution in [0.15, 0.2) is 24.3 Å². The van der Waals surface area contributed by atoms with E-state index in [1.807, 2.05) is 29.2 Å². The third-order valence-corrected chi connectivity index (χ3v) is 4.81. The molecule has 2 aliphatic heterocycles. The monoisotopic (exact) mass is 345 g/mol. The van der Waals surface area contributed by atoms with Crippen LogP contribution in [0.5, 0.6) is 5.75 Å². The summed E-state index contributed by atoms with van der Waals surface area (Å²) in [4.78, 5) is 37.6. The summed E-state index contributed by atoms with van der Waals surface area (Å²) in [6.45, 7) is 0.664. The van der Waals surface area contributed by atoms with E-state index in [1.165, 1.54) is 0 Å². The smallest absolute Gasteiger partial charge is 0.322 e. The number of imide groups is 1. The maximum atomic E-state index is 12.8. The maximum Gasteiger partial charge on any atom is 0.322 e. The quantitative estimate of drug-likeness (QED) is 0.814. The number of nitrogens with one attached hydrogen (secondary N) is 2. The van der Waals surface area contributed by atoms with Gasteiger partial charge in [-0.25, -0.2) is 4.79 Å². The lowest BCUT2D eigenvalue weighted by Gasteiger charge is -2.31. The molecule has 0 bridgehead atoms. The summed E-state index contributed by atoms with van der Waals surface area (Å²) in [5, 5.41) is 4.66. The van der Waals surface area contributed by atoms with Gasteiger partial charge >= 0.3 is 6.03 Å². The van der Waals surface area contributed by atoms with Crippen LogP contribution >= 0.6 is 0 Å². The predicted molar refractivity (Wildman–Crippen MR) is 91.0 cm³/mol. The second-order valence-corrected chi connectivity index (χ2v) is 6.44. The van der Waals surface area contributed by atoms with Crippen molar-refractivity contribution in [2.24, 2.45) is 0 Å². The number of nitrogens with zero attached hydrogens (tertiary/aromatic N) is 1. The number of urea groups is 1. The van der Waals surface area contributed by atoms with E-state index < -0.39 is 18.0 Å². The lowest BCUT2D eigenvalue weighted by Crippen LogP contribution is -2.40. The number of methoxy groups -OCH3 is 1. The van der Waals surface area contributed by atoms with E-state index in [4.69, 9.17) is 4.74 Å². The Kier molecular flexibility index (Phi) is 5.21. The van der Waals surface area contributed by atoms with E-state index in [2.05, 4.69) is 10.6 Å². The second kappa shape index (κ2) is 7.55. The third-order valence-electron chi connectivity index (χ3n) is 4.81. The highest BCUT2D eigenvalue weighted by atomic mass is 16.5. The van der Waals surface area contributed by atoms with Gasteiger partial charge in [0.15, 0.2) is 0 Å². The zero-order valence-corrected chi connectivity index (χ0v) is 14.3. The van der Waals surface area contributed by atoms with Crippen molar-refractivity contribution < 1.29 is 19.1 Å². The van der Waals surface area contributed by atoms with Crippen molar-refractivity contribution in [1.82, 2.24) is 15.5 Å². The first-order chi connectivity index (χ1) is 12.1. The molecule has 1 aromatic carbocycles. The van der Waals surface area contributed by atoms with Gasteiger partial charge in [-0.1, -0.05) is 25.0 Å². The largest absolute Gasteiger partial charge is 0.497 e. The molecule has 2 unspecified atom stereocenters. The van der Waals surface area contributed by atoms with Gasteiger partial charge < -0.3 is 15.0 Å². The van der Waals surface area contributed by atoms with Gasteiger partial charge in [0.1, 0.15) is 11.8 Å². The molecular weight excluding hydrogens is 322 g/mol. The summed E-state index contributed by atoms with van der Waals surface area (Å²) in [5.41, 5.74) is 1.07. The molecule has 2 N–H and O–H groups in total. The molecule has 7 nitrogen and oxygen atoms in total. The van der Waals surface area contributed by atoms with Crippen LogP contribution in [0.3, 0.4) is 0 Å². The summed E-state index contributed by atoms with van der Waals surface area (Å²) in [6, 6.07) is 6.44. The molecule has 0 aromatic heterocycles. The Morgan fingerprint density at radius 2 is 1.96 bits per heavy atom. The SMILES string of the molecule is COc1ccc(C2CCCCCN2C(=O)CC2NC(=O)NC2=O)cc1. The molecule has 7 heteroatoms. The van der Waals surface area contributed by atoms with Crippen LogP contribution in [-0.4, -0.2) is 42.4 Å². The number of carbonyl (C=O) groups is 3. The second-order valence-electron chi connectivity index (χ2n) is 6.44. The Morgan fingerprint density at radius 1 is 1.20 bits per heavy atom. The number of carbonyl (C=O) groups excluding carboxylic acids is 3. The molecule has 2 atom stereocenters. The first-order valence-electron chi connectivity index (χ1n) is 8.63. The highest BCUT2D eigenvalue weighted by molar-refractivity contribution is 6.05. The molecule has 0 spiro atoms. The number of benzene rings is 1. The van der Waals surface area contributed by atoms with Crippen LogP contribution in [0.25, 0.3) is 0 Å². The molecule has 1 aromatic rings. The molecule has 4 amide bonds. The van der Waals surface area contributed by atoms with Crippen LogP contribution < -0.4 is 15.4 Å². The summed E-state index contributed by atoms with van der Waals surface area (Å²) in [5.74, 6) is 0.236. The van der Waals surface area contributed by atoms with Crippen LogP contribution in [0.2, 0.25) is 0 Å². The summed E-state index contributed by atoms with van der Waals surface area (Å²) in [7, 11) is 1.62. The molecule has 2 saturated heterocycles. The van der Waals surface area contributed by atoms with Gasteiger partial charge in [-0.3, -0.25) is 14.9 Å². The van der Waals surface area contributed by atoms with Gasteiger partial charge in [-0.05, 0) is 30.5 Å². The van der Waals surface area contributed by atoms with Crippen molar-refractivity contribution >= 4 is 17.8 Å². The van der Waals surface area contributed by atoms with Crippen molar-refractivity contribution in [2.45, 2.75) is 44.2 Å². The summed E-state index contributed by atoms with van der Waals surface area (Å²) < 4.78 is 5.20. The van der Waals surface area contributed by atoms with Crippen molar-refractivity contribution in [1.29, 1.82) is 0 Å². The predicted octanol–water partition coefficient (Wildman–Crippen LogP) is 1.74. The van der Waals surface area contributed by atoms with E-state index in [1.54, 1.807) is 7.11 Å². The lowest BCUT2D eigenvalue weighted by atomic mass is 10.00. The zero-order chi connectivity index (χ0) is 17.8. The molecule has 134 valence electrons. The Hall–Kier alpha value is -2.57. The normalized spacial score (nSPS) is 23.6. The fourth-order valence-electron chi connectivity index (χ4n) is 3.47. The Bertz CT molecular complexity index is 659. The zero-order valence-electron chi connectivity index (χ0n) is 14.3. The number of hydrogen-bond acceptors (Lipinski definition) is 4. The summed E-state index contributed by atoms with van der Waals surface area (Å²) in [6.07, 6.45) is 3.96. The fourth-order valence-corrected chi connectivity index (χ4v) is 3.47. The first kappa shape index (κ1) is 17.3. The van der Waals surface area contributed by atoms with E-state index in [-0.39, 0.29) is 18.4 Å². The van der Waals surface area contributed by atoms with Gasteiger partial charge in [0.2, 0.25) is 5.91 Å². The van der Waals surface area contributed by atoms with Gasteiger partial charge in [0.25, 0.3) is 5.91 Å². The molecule has 25 heavy (non-hydrogen) atoms. The number of likely N-dealkylation sites (tertiary alicyclic amines) is 1. The molecule has 2 heterocycles.